The zero-order chi connectivity index (χ0) is 11.5. The van der Waals surface area contributed by atoms with E-state index in [2.05, 4.69) is 10.6 Å². The van der Waals surface area contributed by atoms with Crippen LogP contribution in [0.2, 0.25) is 0 Å². The van der Waals surface area contributed by atoms with Crippen LogP contribution in [0.1, 0.15) is 22.3 Å². The van der Waals surface area contributed by atoms with E-state index in [9.17, 15) is 9.59 Å². The van der Waals surface area contributed by atoms with Gasteiger partial charge in [-0.25, -0.2) is 0 Å². The second-order valence-electron chi connectivity index (χ2n) is 3.92. The zero-order valence-electron chi connectivity index (χ0n) is 9.12. The monoisotopic (exact) mass is 218 g/mol. The summed E-state index contributed by atoms with van der Waals surface area (Å²) in [6.45, 7) is 2.52. The van der Waals surface area contributed by atoms with Gasteiger partial charge in [-0.05, 0) is 25.0 Å². The predicted molar refractivity (Wildman–Crippen MR) is 60.1 cm³/mol. The van der Waals surface area contributed by atoms with Crippen LogP contribution in [-0.4, -0.2) is 24.4 Å². The van der Waals surface area contributed by atoms with Crippen molar-refractivity contribution >= 4 is 11.8 Å². The number of carbonyl (C=O) groups is 2. The molecule has 1 unspecified atom stereocenters. The maximum Gasteiger partial charge on any atom is 0.252 e. The highest BCUT2D eigenvalue weighted by Crippen LogP contribution is 2.08. The summed E-state index contributed by atoms with van der Waals surface area (Å²) in [5.74, 6) is -0.276. The first-order valence-corrected chi connectivity index (χ1v) is 5.32. The maximum atomic E-state index is 11.9. The molecule has 0 saturated carbocycles. The predicted octanol–water partition coefficient (Wildman–Crippen LogP) is 0.613. The first-order valence-electron chi connectivity index (χ1n) is 5.32. The van der Waals surface area contributed by atoms with Crippen LogP contribution in [-0.2, 0) is 4.79 Å². The normalized spacial score (nSPS) is 19.3. The molecule has 0 bridgehead atoms. The molecule has 2 N–H and O–H groups in total. The van der Waals surface area contributed by atoms with Gasteiger partial charge in [0, 0.05) is 12.1 Å². The SMILES string of the molecule is Cc1ccccc1C(=O)NC1CCNC1=O. The summed E-state index contributed by atoms with van der Waals surface area (Å²) in [5, 5.41) is 5.42. The number of benzene rings is 1. The molecule has 1 aliphatic heterocycles. The van der Waals surface area contributed by atoms with Crippen molar-refractivity contribution in [3.8, 4) is 0 Å². The number of aryl methyl sites for hydroxylation is 1. The lowest BCUT2D eigenvalue weighted by molar-refractivity contribution is -0.120. The molecule has 0 spiro atoms. The Morgan fingerprint density at radius 1 is 1.44 bits per heavy atom. The number of hydrogen-bond acceptors (Lipinski definition) is 2. The lowest BCUT2D eigenvalue weighted by atomic mass is 10.1. The molecule has 16 heavy (non-hydrogen) atoms. The van der Waals surface area contributed by atoms with E-state index in [1.165, 1.54) is 0 Å². The van der Waals surface area contributed by atoms with E-state index in [4.69, 9.17) is 0 Å². The summed E-state index contributed by atoms with van der Waals surface area (Å²) in [4.78, 5) is 23.2. The molecule has 2 rings (SSSR count). The van der Waals surface area contributed by atoms with Gasteiger partial charge in [-0.15, -0.1) is 0 Å². The molecule has 1 heterocycles. The minimum Gasteiger partial charge on any atom is -0.354 e. The number of amides is 2. The van der Waals surface area contributed by atoms with Crippen LogP contribution < -0.4 is 10.6 Å². The summed E-state index contributed by atoms with van der Waals surface area (Å²) < 4.78 is 0. The summed E-state index contributed by atoms with van der Waals surface area (Å²) in [5.41, 5.74) is 1.54. The van der Waals surface area contributed by atoms with Crippen LogP contribution in [0, 0.1) is 6.92 Å². The minimum absolute atomic E-state index is 0.0954. The summed E-state index contributed by atoms with van der Waals surface area (Å²) >= 11 is 0. The van der Waals surface area contributed by atoms with Crippen LogP contribution in [0.3, 0.4) is 0 Å². The van der Waals surface area contributed by atoms with Crippen LogP contribution in [0.25, 0.3) is 0 Å². The van der Waals surface area contributed by atoms with Gasteiger partial charge >= 0.3 is 0 Å². The third-order valence-electron chi connectivity index (χ3n) is 2.74. The number of hydrogen-bond donors (Lipinski definition) is 2. The lowest BCUT2D eigenvalue weighted by Gasteiger charge is -2.11. The van der Waals surface area contributed by atoms with E-state index >= 15 is 0 Å². The molecule has 84 valence electrons. The molecule has 1 atom stereocenters. The average Bonchev–Trinajstić information content (AvgIpc) is 2.65. The Morgan fingerprint density at radius 3 is 2.81 bits per heavy atom. The molecule has 1 aliphatic rings. The zero-order valence-corrected chi connectivity index (χ0v) is 9.12. The Hall–Kier alpha value is -1.84. The van der Waals surface area contributed by atoms with Gasteiger partial charge in [0.05, 0.1) is 0 Å². The molecule has 0 radical (unpaired) electrons. The molecule has 1 aromatic carbocycles. The van der Waals surface area contributed by atoms with Gasteiger partial charge in [-0.1, -0.05) is 18.2 Å². The van der Waals surface area contributed by atoms with Crippen molar-refractivity contribution in [1.82, 2.24) is 10.6 Å². The van der Waals surface area contributed by atoms with Crippen molar-refractivity contribution in [3.05, 3.63) is 35.4 Å². The number of nitrogens with one attached hydrogen (secondary N) is 2. The Kier molecular flexibility index (Phi) is 2.90. The van der Waals surface area contributed by atoms with Crippen LogP contribution in [0.15, 0.2) is 24.3 Å². The summed E-state index contributed by atoms with van der Waals surface area (Å²) in [6.07, 6.45) is 0.663. The van der Waals surface area contributed by atoms with Crippen molar-refractivity contribution in [2.24, 2.45) is 0 Å². The van der Waals surface area contributed by atoms with Gasteiger partial charge in [0.15, 0.2) is 0 Å². The Morgan fingerprint density at radius 2 is 2.19 bits per heavy atom. The molecule has 4 nitrogen and oxygen atoms in total. The van der Waals surface area contributed by atoms with Gasteiger partial charge in [0.2, 0.25) is 5.91 Å². The molecular formula is C12H14N2O2. The smallest absolute Gasteiger partial charge is 0.252 e. The fourth-order valence-corrected chi connectivity index (χ4v) is 1.80. The summed E-state index contributed by atoms with van der Waals surface area (Å²) in [6, 6.07) is 6.96. The average molecular weight is 218 g/mol. The molecule has 4 heteroatoms. The van der Waals surface area contributed by atoms with Crippen molar-refractivity contribution in [2.45, 2.75) is 19.4 Å². The van der Waals surface area contributed by atoms with Crippen LogP contribution >= 0.6 is 0 Å². The van der Waals surface area contributed by atoms with Crippen molar-refractivity contribution < 1.29 is 9.59 Å². The van der Waals surface area contributed by atoms with Crippen LogP contribution in [0.5, 0.6) is 0 Å². The van der Waals surface area contributed by atoms with Gasteiger partial charge in [0.25, 0.3) is 5.91 Å². The first kappa shape index (κ1) is 10.7. The largest absolute Gasteiger partial charge is 0.354 e. The maximum absolute atomic E-state index is 11.9. The van der Waals surface area contributed by atoms with E-state index in [0.717, 1.165) is 5.56 Å². The van der Waals surface area contributed by atoms with E-state index < -0.39 is 0 Å². The second-order valence-corrected chi connectivity index (χ2v) is 3.92. The molecule has 1 saturated heterocycles. The third-order valence-corrected chi connectivity index (χ3v) is 2.74. The fourth-order valence-electron chi connectivity index (χ4n) is 1.80. The number of rotatable bonds is 2. The molecule has 0 aliphatic carbocycles. The van der Waals surface area contributed by atoms with Gasteiger partial charge in [0.1, 0.15) is 6.04 Å². The van der Waals surface area contributed by atoms with Gasteiger partial charge in [-0.3, -0.25) is 9.59 Å². The highest BCUT2D eigenvalue weighted by Gasteiger charge is 2.26. The lowest BCUT2D eigenvalue weighted by Crippen LogP contribution is -2.40. The Labute approximate surface area is 94.0 Å². The summed E-state index contributed by atoms with van der Waals surface area (Å²) in [7, 11) is 0. The third kappa shape index (κ3) is 2.05. The van der Waals surface area contributed by atoms with E-state index in [1.54, 1.807) is 6.07 Å². The minimum atomic E-state index is -0.382. The first-order chi connectivity index (χ1) is 7.68. The van der Waals surface area contributed by atoms with E-state index in [-0.39, 0.29) is 17.9 Å². The van der Waals surface area contributed by atoms with Crippen molar-refractivity contribution in [3.63, 3.8) is 0 Å². The van der Waals surface area contributed by atoms with Gasteiger partial charge < -0.3 is 10.6 Å². The molecule has 2 amide bonds. The van der Waals surface area contributed by atoms with E-state index in [1.807, 2.05) is 25.1 Å². The molecule has 1 aromatic rings. The van der Waals surface area contributed by atoms with Crippen molar-refractivity contribution in [1.29, 1.82) is 0 Å². The van der Waals surface area contributed by atoms with Crippen molar-refractivity contribution in [2.75, 3.05) is 6.54 Å². The highest BCUT2D eigenvalue weighted by molar-refractivity contribution is 5.99. The second kappa shape index (κ2) is 4.35. The fraction of sp³-hybridized carbons (Fsp3) is 0.333. The molecule has 1 fully saturated rings. The van der Waals surface area contributed by atoms with Crippen LogP contribution in [0.4, 0.5) is 0 Å². The Balaban J connectivity index is 2.09. The van der Waals surface area contributed by atoms with Gasteiger partial charge in [-0.2, -0.15) is 0 Å². The molecule has 0 aromatic heterocycles. The Bertz CT molecular complexity index is 429. The standard InChI is InChI=1S/C12H14N2O2/c1-8-4-2-3-5-9(8)11(15)14-10-6-7-13-12(10)16/h2-5,10H,6-7H2,1H3,(H,13,16)(H,14,15). The highest BCUT2D eigenvalue weighted by atomic mass is 16.2. The quantitative estimate of drug-likeness (QED) is 0.764. The molecular weight excluding hydrogens is 204 g/mol. The topological polar surface area (TPSA) is 58.2 Å². The number of carbonyl (C=O) groups excluding carboxylic acids is 2. The van der Waals surface area contributed by atoms with E-state index in [0.29, 0.717) is 18.5 Å².